The summed E-state index contributed by atoms with van der Waals surface area (Å²) in [6.45, 7) is 13.7. The Morgan fingerprint density at radius 1 is 1.05 bits per heavy atom. The summed E-state index contributed by atoms with van der Waals surface area (Å²) in [5.74, 6) is 0. The molecule has 0 saturated carbocycles. The number of anilines is 2. The first-order valence-electron chi connectivity index (χ1n) is 8.02. The lowest BCUT2D eigenvalue weighted by Gasteiger charge is -2.31. The fraction of sp³-hybridized carbons (Fsp3) is 0.765. The molecule has 3 nitrogen and oxygen atoms in total. The summed E-state index contributed by atoms with van der Waals surface area (Å²) in [6, 6.07) is 0. The number of rotatable bonds is 8. The second-order valence-corrected chi connectivity index (χ2v) is 7.38. The van der Waals surface area contributed by atoms with Crippen molar-refractivity contribution in [3.63, 3.8) is 0 Å². The van der Waals surface area contributed by atoms with Gasteiger partial charge in [0.25, 0.3) is 0 Å². The molecule has 0 aliphatic heterocycles. The van der Waals surface area contributed by atoms with E-state index < -0.39 is 0 Å². The molecular weight excluding hydrogens is 280 g/mol. The van der Waals surface area contributed by atoms with Gasteiger partial charge < -0.3 is 9.80 Å². The molecule has 0 amide bonds. The Labute approximate surface area is 134 Å². The average Bonchev–Trinajstić information content (AvgIpc) is 2.42. The first-order valence-corrected chi connectivity index (χ1v) is 8.43. The number of hydrogen-bond acceptors (Lipinski definition) is 4. The number of hydrogen-bond donors (Lipinski definition) is 0. The topological polar surface area (TPSA) is 23.6 Å². The molecule has 0 unspecified atom stereocenters. The van der Waals surface area contributed by atoms with Gasteiger partial charge in [-0.2, -0.15) is 0 Å². The van der Waals surface area contributed by atoms with Crippen LogP contribution >= 0.6 is 12.2 Å². The third-order valence-electron chi connectivity index (χ3n) is 3.99. The fourth-order valence-corrected chi connectivity index (χ4v) is 2.99. The van der Waals surface area contributed by atoms with Crippen LogP contribution in [-0.2, 0) is 0 Å². The van der Waals surface area contributed by atoms with Crippen LogP contribution in [0.4, 0.5) is 11.4 Å². The molecule has 0 atom stereocenters. The molecule has 0 radical (unpaired) electrons. The maximum Gasteiger partial charge on any atom is 0.224 e. The minimum atomic E-state index is 0.0465. The molecule has 0 spiro atoms. The molecule has 0 aliphatic rings. The Hall–Kier alpha value is -0.900. The van der Waals surface area contributed by atoms with Crippen LogP contribution in [0.1, 0.15) is 53.9 Å². The first kappa shape index (κ1) is 18.1. The summed E-state index contributed by atoms with van der Waals surface area (Å²) < 4.78 is 0.509. The van der Waals surface area contributed by atoms with Gasteiger partial charge in [-0.15, -0.1) is 0 Å². The van der Waals surface area contributed by atoms with E-state index in [1.165, 1.54) is 12.8 Å². The third kappa shape index (κ3) is 4.53. The summed E-state index contributed by atoms with van der Waals surface area (Å²) in [7, 11) is 2.01. The predicted octanol–water partition coefficient (Wildman–Crippen LogP) is 4.15. The quantitative estimate of drug-likeness (QED) is 0.531. The number of unbranched alkanes of at least 4 members (excludes halogenated alkanes) is 1. The van der Waals surface area contributed by atoms with Crippen LogP contribution in [0.2, 0.25) is 0 Å². The van der Waals surface area contributed by atoms with E-state index in [1.807, 2.05) is 7.05 Å². The van der Waals surface area contributed by atoms with Gasteiger partial charge in [0.2, 0.25) is 5.43 Å². The molecule has 0 fully saturated rings. The zero-order valence-corrected chi connectivity index (χ0v) is 15.3. The number of nitrogens with zero attached hydrogens (tertiary/aromatic N) is 2. The predicted molar refractivity (Wildman–Crippen MR) is 96.1 cm³/mol. The van der Waals surface area contributed by atoms with Crippen LogP contribution in [0.25, 0.3) is 0 Å². The first-order chi connectivity index (χ1) is 9.72. The van der Waals surface area contributed by atoms with Gasteiger partial charge in [-0.1, -0.05) is 39.4 Å². The molecule has 21 heavy (non-hydrogen) atoms. The molecule has 1 aromatic rings. The van der Waals surface area contributed by atoms with Crippen molar-refractivity contribution in [2.75, 3.05) is 36.5 Å². The smallest absolute Gasteiger partial charge is 0.224 e. The van der Waals surface area contributed by atoms with Crippen molar-refractivity contribution in [3.8, 4) is 0 Å². The Bertz CT molecular complexity index is 519. The summed E-state index contributed by atoms with van der Waals surface area (Å²) in [5.41, 5.74) is 2.24. The van der Waals surface area contributed by atoms with Crippen molar-refractivity contribution < 1.29 is 0 Å². The molecule has 1 rings (SSSR count). The van der Waals surface area contributed by atoms with E-state index in [-0.39, 0.29) is 5.43 Å². The fourth-order valence-electron chi connectivity index (χ4n) is 2.67. The van der Waals surface area contributed by atoms with Gasteiger partial charge in [0.05, 0.1) is 5.69 Å². The maximum absolute atomic E-state index is 12.1. The monoisotopic (exact) mass is 310 g/mol. The van der Waals surface area contributed by atoms with Crippen LogP contribution in [-0.4, -0.2) is 26.7 Å². The van der Waals surface area contributed by atoms with E-state index in [2.05, 4.69) is 44.4 Å². The minimum Gasteiger partial charge on any atom is -0.370 e. The van der Waals surface area contributed by atoms with Gasteiger partial charge in [0.15, 0.2) is 0 Å². The largest absolute Gasteiger partial charge is 0.370 e. The van der Waals surface area contributed by atoms with Gasteiger partial charge in [0, 0.05) is 26.7 Å². The highest BCUT2D eigenvalue weighted by Gasteiger charge is 2.24. The lowest BCUT2D eigenvalue weighted by Crippen LogP contribution is -2.35. The second kappa shape index (κ2) is 7.39. The molecule has 0 aliphatic carbocycles. The van der Waals surface area contributed by atoms with Crippen molar-refractivity contribution in [3.05, 3.63) is 14.7 Å². The highest BCUT2D eigenvalue weighted by atomic mass is 32.1. The van der Waals surface area contributed by atoms with E-state index in [0.29, 0.717) is 9.93 Å². The zero-order valence-electron chi connectivity index (χ0n) is 14.5. The lowest BCUT2D eigenvalue weighted by molar-refractivity contribution is 0.361. The lowest BCUT2D eigenvalue weighted by atomic mass is 9.90. The van der Waals surface area contributed by atoms with Gasteiger partial charge in [0.1, 0.15) is 10.2 Å². The molecule has 4 heteroatoms. The Morgan fingerprint density at radius 2 is 1.62 bits per heavy atom. The molecule has 0 N–H and O–H groups in total. The van der Waals surface area contributed by atoms with E-state index in [1.54, 1.807) is 0 Å². The van der Waals surface area contributed by atoms with E-state index in [4.69, 9.17) is 12.2 Å². The molecule has 0 aromatic heterocycles. The molecule has 120 valence electrons. The molecular formula is C17H30N2OS. The average molecular weight is 311 g/mol. The molecule has 0 saturated heterocycles. The Morgan fingerprint density at radius 3 is 2.10 bits per heavy atom. The standard InChI is InChI=1S/C17H30N2OS/c1-7-19(8-2)14-13(15(20)16(14)21)18(6)12-10-9-11-17(3,4)5/h7-12H2,1-6H3. The molecule has 1 aromatic carbocycles. The Balaban J connectivity index is 2.67. The van der Waals surface area contributed by atoms with Crippen LogP contribution in [0.3, 0.4) is 0 Å². The van der Waals surface area contributed by atoms with Crippen molar-refractivity contribution in [1.29, 1.82) is 0 Å². The second-order valence-electron chi connectivity index (χ2n) is 6.97. The highest BCUT2D eigenvalue weighted by Crippen LogP contribution is 2.30. The SMILES string of the molecule is CCN(CC)c1c(N(C)CCCCC(C)(C)C)c(=O)c1=S. The minimum absolute atomic E-state index is 0.0465. The zero-order chi connectivity index (χ0) is 16.2. The summed E-state index contributed by atoms with van der Waals surface area (Å²) in [6.07, 6.45) is 3.53. The van der Waals surface area contributed by atoms with Crippen LogP contribution in [0.5, 0.6) is 0 Å². The van der Waals surface area contributed by atoms with Gasteiger partial charge in [-0.25, -0.2) is 0 Å². The van der Waals surface area contributed by atoms with Crippen molar-refractivity contribution in [1.82, 2.24) is 0 Å². The molecule has 0 bridgehead atoms. The van der Waals surface area contributed by atoms with Crippen LogP contribution < -0.4 is 15.2 Å². The van der Waals surface area contributed by atoms with Gasteiger partial charge >= 0.3 is 0 Å². The van der Waals surface area contributed by atoms with Crippen LogP contribution in [0, 0.1) is 9.93 Å². The highest BCUT2D eigenvalue weighted by molar-refractivity contribution is 7.71. The van der Waals surface area contributed by atoms with Gasteiger partial charge in [-0.05, 0) is 32.1 Å². The normalized spacial score (nSPS) is 11.9. The van der Waals surface area contributed by atoms with Crippen molar-refractivity contribution in [2.24, 2.45) is 5.41 Å². The van der Waals surface area contributed by atoms with Crippen molar-refractivity contribution in [2.45, 2.75) is 53.9 Å². The Kier molecular flexibility index (Phi) is 6.39. The third-order valence-corrected chi connectivity index (χ3v) is 4.37. The van der Waals surface area contributed by atoms with E-state index in [0.717, 1.165) is 37.4 Å². The van der Waals surface area contributed by atoms with Gasteiger partial charge in [-0.3, -0.25) is 4.79 Å². The maximum atomic E-state index is 12.1. The molecule has 0 heterocycles. The van der Waals surface area contributed by atoms with Crippen LogP contribution in [0.15, 0.2) is 4.79 Å². The van der Waals surface area contributed by atoms with E-state index in [9.17, 15) is 4.79 Å². The van der Waals surface area contributed by atoms with E-state index >= 15 is 0 Å². The summed E-state index contributed by atoms with van der Waals surface area (Å²) in [4.78, 5) is 16.4. The van der Waals surface area contributed by atoms with Crippen molar-refractivity contribution >= 4 is 23.6 Å². The summed E-state index contributed by atoms with van der Waals surface area (Å²) in [5, 5.41) is 0. The summed E-state index contributed by atoms with van der Waals surface area (Å²) >= 11 is 5.24.